The van der Waals surface area contributed by atoms with Crippen molar-refractivity contribution in [3.63, 3.8) is 0 Å². The zero-order valence-electron chi connectivity index (χ0n) is 8.90. The molecule has 2 unspecified atom stereocenters. The molecule has 1 N–H and O–H groups in total. The smallest absolute Gasteiger partial charge is 0.226 e. The van der Waals surface area contributed by atoms with E-state index in [-0.39, 0.29) is 17.6 Å². The van der Waals surface area contributed by atoms with Gasteiger partial charge in [-0.05, 0) is 24.5 Å². The van der Waals surface area contributed by atoms with Crippen molar-refractivity contribution in [1.82, 2.24) is 5.32 Å². The average molecular weight is 215 g/mol. The van der Waals surface area contributed by atoms with Gasteiger partial charge in [0.05, 0.1) is 0 Å². The van der Waals surface area contributed by atoms with Crippen LogP contribution in [0.5, 0.6) is 0 Å². The maximum absolute atomic E-state index is 11.7. The van der Waals surface area contributed by atoms with Crippen LogP contribution in [0.25, 0.3) is 0 Å². The first-order chi connectivity index (χ1) is 7.75. The quantitative estimate of drug-likeness (QED) is 0.615. The second kappa shape index (κ2) is 3.52. The number of hydrogen-bond acceptors (Lipinski definition) is 3. The molecule has 0 saturated heterocycles. The SMILES string of the molecule is O=C1CCC2NC3CC=CC=C3C=C2C1=O. The molecule has 0 aromatic carbocycles. The number of carbonyl (C=O) groups excluding carboxylic acids is 2. The molecule has 3 aliphatic rings. The van der Waals surface area contributed by atoms with Crippen LogP contribution in [0.4, 0.5) is 0 Å². The minimum absolute atomic E-state index is 0.0823. The monoisotopic (exact) mass is 215 g/mol. The molecule has 3 rings (SSSR count). The van der Waals surface area contributed by atoms with Crippen LogP contribution in [0.1, 0.15) is 19.3 Å². The summed E-state index contributed by atoms with van der Waals surface area (Å²) in [4.78, 5) is 23.1. The van der Waals surface area contributed by atoms with Crippen LogP contribution in [-0.4, -0.2) is 23.7 Å². The molecule has 3 nitrogen and oxygen atoms in total. The van der Waals surface area contributed by atoms with Gasteiger partial charge >= 0.3 is 0 Å². The van der Waals surface area contributed by atoms with Crippen molar-refractivity contribution in [2.24, 2.45) is 0 Å². The Morgan fingerprint density at radius 1 is 1.25 bits per heavy atom. The largest absolute Gasteiger partial charge is 0.303 e. The van der Waals surface area contributed by atoms with Crippen LogP contribution in [0.2, 0.25) is 0 Å². The second-order valence-corrected chi connectivity index (χ2v) is 4.49. The Balaban J connectivity index is 2.01. The highest BCUT2D eigenvalue weighted by Gasteiger charge is 2.36. The molecule has 0 radical (unpaired) electrons. The molecule has 1 fully saturated rings. The van der Waals surface area contributed by atoms with Crippen molar-refractivity contribution < 1.29 is 9.59 Å². The predicted octanol–water partition coefficient (Wildman–Crippen LogP) is 1.07. The van der Waals surface area contributed by atoms with Crippen molar-refractivity contribution in [2.75, 3.05) is 0 Å². The summed E-state index contributed by atoms with van der Waals surface area (Å²) in [6, 6.07) is 0.401. The van der Waals surface area contributed by atoms with Gasteiger partial charge in [-0.25, -0.2) is 0 Å². The molecule has 16 heavy (non-hydrogen) atoms. The minimum atomic E-state index is -0.294. The summed E-state index contributed by atoms with van der Waals surface area (Å²) >= 11 is 0. The fraction of sp³-hybridized carbons (Fsp3) is 0.385. The lowest BCUT2D eigenvalue weighted by molar-refractivity contribution is -0.135. The van der Waals surface area contributed by atoms with E-state index >= 15 is 0 Å². The van der Waals surface area contributed by atoms with Gasteiger partial charge in [-0.1, -0.05) is 18.2 Å². The number of nitrogens with one attached hydrogen (secondary N) is 1. The van der Waals surface area contributed by atoms with E-state index in [9.17, 15) is 9.59 Å². The van der Waals surface area contributed by atoms with Crippen molar-refractivity contribution in [3.05, 3.63) is 35.5 Å². The summed E-state index contributed by atoms with van der Waals surface area (Å²) in [5.41, 5.74) is 1.78. The van der Waals surface area contributed by atoms with Crippen molar-refractivity contribution in [2.45, 2.75) is 31.3 Å². The Labute approximate surface area is 93.9 Å². The van der Waals surface area contributed by atoms with E-state index in [0.29, 0.717) is 18.0 Å². The highest BCUT2D eigenvalue weighted by molar-refractivity contribution is 6.44. The van der Waals surface area contributed by atoms with Gasteiger partial charge in [0.1, 0.15) is 0 Å². The van der Waals surface area contributed by atoms with Crippen LogP contribution in [0, 0.1) is 0 Å². The molecule has 2 atom stereocenters. The minimum Gasteiger partial charge on any atom is -0.303 e. The first-order valence-electron chi connectivity index (χ1n) is 5.67. The normalized spacial score (nSPS) is 32.8. The number of fused-ring (bicyclic) bond motifs is 2. The van der Waals surface area contributed by atoms with Gasteiger partial charge in [0, 0.05) is 24.1 Å². The Morgan fingerprint density at radius 3 is 3.00 bits per heavy atom. The lowest BCUT2D eigenvalue weighted by Gasteiger charge is -2.35. The van der Waals surface area contributed by atoms with Crippen molar-refractivity contribution >= 4 is 11.6 Å². The summed E-state index contributed by atoms with van der Waals surface area (Å²) < 4.78 is 0. The maximum Gasteiger partial charge on any atom is 0.226 e. The molecule has 1 aliphatic heterocycles. The topological polar surface area (TPSA) is 46.2 Å². The van der Waals surface area contributed by atoms with Crippen LogP contribution in [0.3, 0.4) is 0 Å². The summed E-state index contributed by atoms with van der Waals surface area (Å²) in [5.74, 6) is -0.535. The van der Waals surface area contributed by atoms with E-state index in [1.165, 1.54) is 0 Å². The van der Waals surface area contributed by atoms with Crippen LogP contribution in [-0.2, 0) is 9.59 Å². The third kappa shape index (κ3) is 1.39. The van der Waals surface area contributed by atoms with Gasteiger partial charge in [0.2, 0.25) is 11.6 Å². The predicted molar refractivity (Wildman–Crippen MR) is 59.9 cm³/mol. The Hall–Kier alpha value is -1.48. The fourth-order valence-electron chi connectivity index (χ4n) is 2.58. The number of Topliss-reactive ketones (excluding diaryl/α,β-unsaturated/α-hetero) is 2. The van der Waals surface area contributed by atoms with Crippen LogP contribution >= 0.6 is 0 Å². The number of rotatable bonds is 0. The Kier molecular flexibility index (Phi) is 2.14. The lowest BCUT2D eigenvalue weighted by atomic mass is 9.81. The van der Waals surface area contributed by atoms with E-state index in [1.54, 1.807) is 0 Å². The fourth-order valence-corrected chi connectivity index (χ4v) is 2.58. The van der Waals surface area contributed by atoms with Gasteiger partial charge in [-0.3, -0.25) is 9.59 Å². The number of ketones is 2. The first kappa shape index (κ1) is 9.73. The summed E-state index contributed by atoms with van der Waals surface area (Å²) in [5, 5.41) is 3.45. The molecule has 1 saturated carbocycles. The van der Waals surface area contributed by atoms with Gasteiger partial charge < -0.3 is 5.32 Å². The molecular formula is C13H13NO2. The third-order valence-electron chi connectivity index (χ3n) is 3.47. The van der Waals surface area contributed by atoms with E-state index in [4.69, 9.17) is 0 Å². The first-order valence-corrected chi connectivity index (χ1v) is 5.67. The zero-order chi connectivity index (χ0) is 11.1. The van der Waals surface area contributed by atoms with Crippen LogP contribution < -0.4 is 5.32 Å². The molecular weight excluding hydrogens is 202 g/mol. The van der Waals surface area contributed by atoms with E-state index in [1.807, 2.05) is 18.2 Å². The van der Waals surface area contributed by atoms with E-state index in [0.717, 1.165) is 18.4 Å². The van der Waals surface area contributed by atoms with Crippen molar-refractivity contribution in [3.8, 4) is 0 Å². The molecule has 0 spiro atoms. The van der Waals surface area contributed by atoms with Gasteiger partial charge in [-0.2, -0.15) is 0 Å². The second-order valence-electron chi connectivity index (χ2n) is 4.49. The van der Waals surface area contributed by atoms with Gasteiger partial charge in [0.15, 0.2) is 0 Å². The highest BCUT2D eigenvalue weighted by atomic mass is 16.2. The maximum atomic E-state index is 11.7. The molecule has 3 heteroatoms. The van der Waals surface area contributed by atoms with Gasteiger partial charge in [0.25, 0.3) is 0 Å². The Bertz CT molecular complexity index is 457. The summed E-state index contributed by atoms with van der Waals surface area (Å²) in [6.07, 6.45) is 10.1. The summed E-state index contributed by atoms with van der Waals surface area (Å²) in [7, 11) is 0. The lowest BCUT2D eigenvalue weighted by Crippen LogP contribution is -2.49. The Morgan fingerprint density at radius 2 is 2.12 bits per heavy atom. The number of carbonyl (C=O) groups is 2. The standard InChI is InChI=1S/C13H13NO2/c15-12-6-5-11-9(13(12)16)7-8-3-1-2-4-10(8)14-11/h1-3,7,10-11,14H,4-6H2. The number of allylic oxidation sites excluding steroid dienone is 2. The van der Waals surface area contributed by atoms with E-state index in [2.05, 4.69) is 11.4 Å². The summed E-state index contributed by atoms with van der Waals surface area (Å²) in [6.45, 7) is 0. The highest BCUT2D eigenvalue weighted by Crippen LogP contribution is 2.28. The van der Waals surface area contributed by atoms with Crippen molar-refractivity contribution in [1.29, 1.82) is 0 Å². The number of hydrogen-bond donors (Lipinski definition) is 1. The molecule has 0 bridgehead atoms. The molecule has 2 aliphatic carbocycles. The van der Waals surface area contributed by atoms with Crippen LogP contribution in [0.15, 0.2) is 35.5 Å². The molecule has 0 aromatic heterocycles. The van der Waals surface area contributed by atoms with Gasteiger partial charge in [-0.15, -0.1) is 0 Å². The third-order valence-corrected chi connectivity index (χ3v) is 3.47. The average Bonchev–Trinajstić information content (AvgIpc) is 2.32. The molecule has 0 aromatic rings. The van der Waals surface area contributed by atoms with E-state index < -0.39 is 0 Å². The molecule has 0 amide bonds. The zero-order valence-corrected chi connectivity index (χ0v) is 8.90. The molecule has 1 heterocycles. The molecule has 82 valence electrons.